The fourth-order valence-electron chi connectivity index (χ4n) is 4.75. The number of carboxylic acids is 4. The Balaban J connectivity index is -0.000000173. The Morgan fingerprint density at radius 1 is 0.273 bits per heavy atom. The number of aromatic nitrogens is 16. The number of rotatable bonds is 12. The normalized spacial score (nSPS) is 9.03. The van der Waals surface area contributed by atoms with Gasteiger partial charge >= 0.3 is 34.1 Å². The summed E-state index contributed by atoms with van der Waals surface area (Å²) in [5.41, 5.74) is 0. The summed E-state index contributed by atoms with van der Waals surface area (Å²) in [6.45, 7) is 0. The van der Waals surface area contributed by atoms with Crippen LogP contribution in [-0.4, -0.2) is 146 Å². The van der Waals surface area contributed by atoms with Gasteiger partial charge in [-0.1, -0.05) is 0 Å². The van der Waals surface area contributed by atoms with E-state index in [0.717, 1.165) is 0 Å². The summed E-state index contributed by atoms with van der Waals surface area (Å²) in [7, 11) is 0. The van der Waals surface area contributed by atoms with Crippen molar-refractivity contribution in [1.29, 1.82) is 0 Å². The molecule has 8 rings (SSSR count). The number of carbonyl (C=O) groups is 4. The predicted octanol–water partition coefficient (Wildman–Crippen LogP) is -11.1. The maximum atomic E-state index is 10.9. The van der Waals surface area contributed by atoms with Crippen LogP contribution >= 0.6 is 0 Å². The van der Waals surface area contributed by atoms with Crippen LogP contribution in [0.3, 0.4) is 0 Å². The molecular weight excluding hydrogens is 974 g/mol. The van der Waals surface area contributed by atoms with Crippen LogP contribution in [0.4, 0.5) is 0 Å². The molecule has 0 fully saturated rings. The second-order valence-electron chi connectivity index (χ2n) is 10.7. The van der Waals surface area contributed by atoms with E-state index in [4.69, 9.17) is 0 Å². The average molecular weight is 1020 g/mol. The van der Waals surface area contributed by atoms with Gasteiger partial charge in [-0.2, -0.15) is 40.8 Å². The summed E-state index contributed by atoms with van der Waals surface area (Å²) < 4.78 is 10.1. The van der Waals surface area contributed by atoms with Crippen molar-refractivity contribution in [2.75, 3.05) is 0 Å². The molecule has 0 atom stereocenters. The van der Waals surface area contributed by atoms with Gasteiger partial charge in [-0.25, -0.2) is 37.5 Å². The van der Waals surface area contributed by atoms with Crippen molar-refractivity contribution in [2.45, 2.75) is 24.7 Å². The summed E-state index contributed by atoms with van der Waals surface area (Å²) in [5.74, 6) is -5.01. The van der Waals surface area contributed by atoms with Crippen LogP contribution in [0.25, 0.3) is 0 Å². The zero-order valence-electron chi connectivity index (χ0n) is 33.3. The van der Waals surface area contributed by atoms with Gasteiger partial charge in [-0.05, 0) is 48.5 Å². The maximum absolute atomic E-state index is 10.9. The number of hydrogen-bond acceptors (Lipinski definition) is 16. The summed E-state index contributed by atoms with van der Waals surface area (Å²) in [6, 6.07) is 13.1. The Hall–Kier alpha value is -7.72. The molecule has 0 amide bonds. The largest absolute Gasteiger partial charge is 2.00 e. The van der Waals surface area contributed by atoms with Crippen LogP contribution in [0.1, 0.15) is 24.7 Å². The molecular formula is C32H44Mn2N16O16. The van der Waals surface area contributed by atoms with Crippen LogP contribution in [0.2, 0.25) is 0 Å². The van der Waals surface area contributed by atoms with Gasteiger partial charge in [0.1, 0.15) is 0 Å². The van der Waals surface area contributed by atoms with Crippen molar-refractivity contribution in [3.8, 4) is 0 Å². The molecule has 32 nitrogen and oxygen atoms in total. The van der Waals surface area contributed by atoms with E-state index in [0.29, 0.717) is 0 Å². The minimum atomic E-state index is -1.25. The van der Waals surface area contributed by atoms with Gasteiger partial charge < -0.3 is 83.4 Å². The molecule has 0 aliphatic heterocycles. The smallest absolute Gasteiger partial charge is 0.546 e. The third-order valence-corrected chi connectivity index (χ3v) is 7.05. The van der Waals surface area contributed by atoms with Gasteiger partial charge in [0.15, 0.2) is 24.7 Å². The minimum absolute atomic E-state index is 0. The van der Waals surface area contributed by atoms with Crippen LogP contribution in [-0.2, 0) is 53.3 Å². The monoisotopic (exact) mass is 1020 g/mol. The summed E-state index contributed by atoms with van der Waals surface area (Å²) in [4.78, 5) is 43.5. The van der Waals surface area contributed by atoms with Crippen molar-refractivity contribution >= 4 is 23.9 Å². The summed E-state index contributed by atoms with van der Waals surface area (Å²) in [6.07, 6.45) is 20.2. The van der Waals surface area contributed by atoms with E-state index in [1.54, 1.807) is 98.1 Å². The van der Waals surface area contributed by atoms with Gasteiger partial charge in [-0.3, -0.25) is 0 Å². The molecule has 0 bridgehead atoms. The van der Waals surface area contributed by atoms with Gasteiger partial charge in [0.2, 0.25) is 0 Å². The molecule has 8 aromatic rings. The fraction of sp³-hybridized carbons (Fsp3) is 0.125. The summed E-state index contributed by atoms with van der Waals surface area (Å²) >= 11 is 0. The van der Waals surface area contributed by atoms with Crippen molar-refractivity contribution in [2.24, 2.45) is 0 Å². The second-order valence-corrected chi connectivity index (χ2v) is 10.7. The maximum Gasteiger partial charge on any atom is 2.00 e. The van der Waals surface area contributed by atoms with E-state index in [2.05, 4.69) is 40.8 Å². The molecule has 0 spiro atoms. The van der Waals surface area contributed by atoms with Crippen molar-refractivity contribution in [3.05, 3.63) is 148 Å². The predicted molar refractivity (Wildman–Crippen MR) is 204 cm³/mol. The van der Waals surface area contributed by atoms with Crippen molar-refractivity contribution < 1.29 is 118 Å². The summed E-state index contributed by atoms with van der Waals surface area (Å²) in [5, 5.41) is 74.1. The number of hydrogen-bond donors (Lipinski definition) is 0. The Bertz CT molecular complexity index is 1850. The second kappa shape index (κ2) is 34.7. The van der Waals surface area contributed by atoms with Crippen LogP contribution in [0, 0.1) is 0 Å². The molecule has 0 saturated carbocycles. The first-order chi connectivity index (χ1) is 27.2. The standard InChI is InChI=1S/4C8H8N4O2.2Mn.8H2O/c4*13-8(14)7(11-5-1-3-9-11)12-6-2-4-10-12;;;;;;;;;;/h4*1-7H,(H,13,14);;;8*1H2/q;;;;2*+2;;;;;;;;/p-4. The van der Waals surface area contributed by atoms with Gasteiger partial charge in [0, 0.05) is 99.1 Å². The van der Waals surface area contributed by atoms with E-state index >= 15 is 0 Å². The van der Waals surface area contributed by atoms with E-state index in [9.17, 15) is 39.6 Å². The molecule has 0 aliphatic rings. The molecule has 362 valence electrons. The SMILES string of the molecule is O.O.O.O.O.O.O.O.O=C([O-])C(n1cccn1)n1cccn1.O=C([O-])C(n1cccn1)n1cccn1.O=C([O-])C(n1cccn1)n1cccn1.O=C([O-])C(n1cccn1)n1cccn1.[Mn+2].[Mn+2]. The van der Waals surface area contributed by atoms with Crippen LogP contribution in [0.15, 0.2) is 148 Å². The minimum Gasteiger partial charge on any atom is -0.546 e. The van der Waals surface area contributed by atoms with Crippen LogP contribution < -0.4 is 20.4 Å². The molecule has 0 aromatic carbocycles. The zero-order valence-corrected chi connectivity index (χ0v) is 35.7. The fourth-order valence-corrected chi connectivity index (χ4v) is 4.75. The molecule has 0 saturated heterocycles. The molecule has 2 radical (unpaired) electrons. The van der Waals surface area contributed by atoms with E-state index in [1.165, 1.54) is 87.0 Å². The zero-order chi connectivity index (χ0) is 39.9. The van der Waals surface area contributed by atoms with E-state index < -0.39 is 48.5 Å². The first-order valence-electron chi connectivity index (χ1n) is 15.9. The topological polar surface area (TPSA) is 555 Å². The van der Waals surface area contributed by atoms with Crippen molar-refractivity contribution in [3.63, 3.8) is 0 Å². The molecule has 0 unspecified atom stereocenters. The molecule has 34 heteroatoms. The Morgan fingerprint density at radius 3 is 0.439 bits per heavy atom. The van der Waals surface area contributed by atoms with Gasteiger partial charge in [0.25, 0.3) is 0 Å². The van der Waals surface area contributed by atoms with Gasteiger partial charge in [0.05, 0.1) is 23.9 Å². The Labute approximate surface area is 390 Å². The van der Waals surface area contributed by atoms with E-state index in [-0.39, 0.29) is 77.9 Å². The van der Waals surface area contributed by atoms with E-state index in [1.807, 2.05) is 0 Å². The number of aliphatic carboxylic acids is 4. The number of carbonyl (C=O) groups excluding carboxylic acids is 4. The molecule has 66 heavy (non-hydrogen) atoms. The first kappa shape index (κ1) is 70.0. The third kappa shape index (κ3) is 18.6. The van der Waals surface area contributed by atoms with Gasteiger partial charge in [-0.15, -0.1) is 0 Å². The quantitative estimate of drug-likeness (QED) is 0.103. The molecule has 8 heterocycles. The molecule has 8 aromatic heterocycles. The van der Waals surface area contributed by atoms with Crippen LogP contribution in [0.5, 0.6) is 0 Å². The van der Waals surface area contributed by atoms with Crippen molar-refractivity contribution in [1.82, 2.24) is 78.2 Å². The Kier molecular flexibility index (Phi) is 36.8. The molecule has 0 aliphatic carbocycles. The Morgan fingerprint density at radius 2 is 0.379 bits per heavy atom. The third-order valence-electron chi connectivity index (χ3n) is 7.05. The number of nitrogens with zero attached hydrogens (tertiary/aromatic N) is 16. The first-order valence-corrected chi connectivity index (χ1v) is 15.9. The molecule has 16 N–H and O–H groups in total. The average Bonchev–Trinajstić information content (AvgIpc) is 4.00. The number of carboxylic acid groups (broad SMARTS) is 4.